The molecular weight excluding hydrogens is 316 g/mol. The number of hydrogen-bond donors (Lipinski definition) is 3. The minimum absolute atomic E-state index is 0.0888. The fourth-order valence-electron chi connectivity index (χ4n) is 3.25. The first-order valence-electron chi connectivity index (χ1n) is 7.49. The van der Waals surface area contributed by atoms with Crippen molar-refractivity contribution in [2.24, 2.45) is 0 Å². The van der Waals surface area contributed by atoms with Crippen molar-refractivity contribution in [2.75, 3.05) is 18.5 Å². The molecule has 4 rings (SSSR count). The SMILES string of the molecule is OCC1=CC2NC=CC(c3cc(Cl)cc4c3NCCC4)=C2S1. The number of aliphatic hydroxyl groups excluding tert-OH is 1. The number of hydrogen-bond acceptors (Lipinski definition) is 4. The van der Waals surface area contributed by atoms with Crippen LogP contribution in [0.2, 0.25) is 5.02 Å². The number of aliphatic hydroxyl groups is 1. The minimum atomic E-state index is 0.0888. The van der Waals surface area contributed by atoms with Crippen LogP contribution in [0.25, 0.3) is 5.57 Å². The van der Waals surface area contributed by atoms with Gasteiger partial charge in [-0.15, -0.1) is 0 Å². The number of aryl methyl sites for hydroxylation is 1. The highest BCUT2D eigenvalue weighted by Gasteiger charge is 2.28. The van der Waals surface area contributed by atoms with Crippen molar-refractivity contribution in [3.05, 3.63) is 56.4 Å². The second-order valence-corrected chi connectivity index (χ2v) is 7.27. The van der Waals surface area contributed by atoms with Crippen molar-refractivity contribution in [1.29, 1.82) is 0 Å². The summed E-state index contributed by atoms with van der Waals surface area (Å²) in [7, 11) is 0. The van der Waals surface area contributed by atoms with Gasteiger partial charge in [0.25, 0.3) is 0 Å². The Morgan fingerprint density at radius 3 is 3.14 bits per heavy atom. The Balaban J connectivity index is 1.85. The Bertz CT molecular complexity index is 724. The van der Waals surface area contributed by atoms with E-state index < -0.39 is 0 Å². The first kappa shape index (κ1) is 14.2. The minimum Gasteiger partial charge on any atom is -0.391 e. The van der Waals surface area contributed by atoms with Crippen LogP contribution in [-0.4, -0.2) is 24.3 Å². The van der Waals surface area contributed by atoms with E-state index in [0.29, 0.717) is 0 Å². The predicted molar refractivity (Wildman–Crippen MR) is 94.0 cm³/mol. The third-order valence-corrected chi connectivity index (χ3v) is 5.66. The number of allylic oxidation sites excluding steroid dienone is 2. The predicted octanol–water partition coefficient (Wildman–Crippen LogP) is 3.52. The zero-order valence-electron chi connectivity index (χ0n) is 12.0. The molecule has 22 heavy (non-hydrogen) atoms. The summed E-state index contributed by atoms with van der Waals surface area (Å²) in [4.78, 5) is 2.24. The summed E-state index contributed by atoms with van der Waals surface area (Å²) in [5.41, 5.74) is 4.87. The molecule has 1 unspecified atom stereocenters. The van der Waals surface area contributed by atoms with Gasteiger partial charge in [0, 0.05) is 32.6 Å². The molecule has 1 atom stereocenters. The molecule has 3 N–H and O–H groups in total. The summed E-state index contributed by atoms with van der Waals surface area (Å²) in [6, 6.07) is 4.27. The molecule has 0 aliphatic carbocycles. The van der Waals surface area contributed by atoms with Gasteiger partial charge < -0.3 is 15.7 Å². The molecule has 5 heteroatoms. The molecule has 114 valence electrons. The van der Waals surface area contributed by atoms with Crippen LogP contribution in [0.4, 0.5) is 5.69 Å². The van der Waals surface area contributed by atoms with Crippen LogP contribution in [0.1, 0.15) is 17.5 Å². The Labute approximate surface area is 139 Å². The van der Waals surface area contributed by atoms with Gasteiger partial charge in [-0.3, -0.25) is 0 Å². The van der Waals surface area contributed by atoms with Crippen LogP contribution in [0.3, 0.4) is 0 Å². The molecule has 3 aliphatic rings. The van der Waals surface area contributed by atoms with Crippen molar-refractivity contribution in [1.82, 2.24) is 5.32 Å². The van der Waals surface area contributed by atoms with E-state index >= 15 is 0 Å². The number of dihydropyridines is 1. The van der Waals surface area contributed by atoms with Crippen LogP contribution >= 0.6 is 23.4 Å². The Hall–Kier alpha value is -1.36. The summed E-state index contributed by atoms with van der Waals surface area (Å²) < 4.78 is 0. The summed E-state index contributed by atoms with van der Waals surface area (Å²) >= 11 is 8.01. The zero-order chi connectivity index (χ0) is 15.1. The quantitative estimate of drug-likeness (QED) is 0.775. The largest absolute Gasteiger partial charge is 0.391 e. The molecule has 1 aromatic rings. The Morgan fingerprint density at radius 1 is 1.36 bits per heavy atom. The number of halogens is 1. The molecule has 3 nitrogen and oxygen atoms in total. The fraction of sp³-hybridized carbons (Fsp3) is 0.294. The van der Waals surface area contributed by atoms with Crippen molar-refractivity contribution in [2.45, 2.75) is 18.9 Å². The number of fused-ring (bicyclic) bond motifs is 2. The lowest BCUT2D eigenvalue weighted by Gasteiger charge is -2.26. The van der Waals surface area contributed by atoms with E-state index in [-0.39, 0.29) is 12.6 Å². The molecule has 1 aromatic carbocycles. The van der Waals surface area contributed by atoms with Gasteiger partial charge in [0.05, 0.1) is 12.6 Å². The van der Waals surface area contributed by atoms with E-state index in [1.54, 1.807) is 11.8 Å². The van der Waals surface area contributed by atoms with Gasteiger partial charge in [0.2, 0.25) is 0 Å². The van der Waals surface area contributed by atoms with Crippen LogP contribution in [-0.2, 0) is 6.42 Å². The number of benzene rings is 1. The third-order valence-electron chi connectivity index (χ3n) is 4.22. The average molecular weight is 333 g/mol. The summed E-state index contributed by atoms with van der Waals surface area (Å²) in [6.45, 7) is 1.09. The summed E-state index contributed by atoms with van der Waals surface area (Å²) in [6.07, 6.45) is 8.39. The van der Waals surface area contributed by atoms with Crippen LogP contribution in [0.5, 0.6) is 0 Å². The molecule has 0 radical (unpaired) electrons. The monoisotopic (exact) mass is 332 g/mol. The first-order chi connectivity index (χ1) is 10.8. The molecular formula is C17H17ClN2OS. The Kier molecular flexibility index (Phi) is 3.68. The van der Waals surface area contributed by atoms with E-state index in [2.05, 4.69) is 28.9 Å². The maximum absolute atomic E-state index is 9.41. The molecule has 0 bridgehead atoms. The van der Waals surface area contributed by atoms with E-state index in [4.69, 9.17) is 11.6 Å². The Morgan fingerprint density at radius 2 is 2.27 bits per heavy atom. The van der Waals surface area contributed by atoms with Gasteiger partial charge in [0.15, 0.2) is 0 Å². The van der Waals surface area contributed by atoms with Crippen LogP contribution < -0.4 is 10.6 Å². The highest BCUT2D eigenvalue weighted by molar-refractivity contribution is 8.07. The third kappa shape index (κ3) is 2.35. The lowest BCUT2D eigenvalue weighted by atomic mass is 9.93. The normalized spacial score (nSPS) is 22.6. The zero-order valence-corrected chi connectivity index (χ0v) is 13.6. The topological polar surface area (TPSA) is 44.3 Å². The first-order valence-corrected chi connectivity index (χ1v) is 8.68. The number of nitrogens with one attached hydrogen (secondary N) is 2. The van der Waals surface area contributed by atoms with Gasteiger partial charge >= 0.3 is 0 Å². The van der Waals surface area contributed by atoms with E-state index in [9.17, 15) is 5.11 Å². The maximum Gasteiger partial charge on any atom is 0.0773 e. The highest BCUT2D eigenvalue weighted by Crippen LogP contribution is 2.45. The number of thioether (sulfide) groups is 1. The average Bonchev–Trinajstić information content (AvgIpc) is 2.97. The maximum atomic E-state index is 9.41. The molecule has 0 saturated heterocycles. The van der Waals surface area contributed by atoms with Gasteiger partial charge in [-0.1, -0.05) is 23.4 Å². The van der Waals surface area contributed by atoms with Crippen LogP contribution in [0, 0.1) is 0 Å². The molecule has 0 spiro atoms. The summed E-state index contributed by atoms with van der Waals surface area (Å²) in [5.74, 6) is 0. The van der Waals surface area contributed by atoms with Gasteiger partial charge in [-0.25, -0.2) is 0 Å². The fourth-order valence-corrected chi connectivity index (χ4v) is 4.59. The van der Waals surface area contributed by atoms with Gasteiger partial charge in [-0.05, 0) is 54.5 Å². The standard InChI is InChI=1S/C17H17ClN2OS/c18-11-6-10-2-1-4-20-16(10)14(7-11)13-3-5-19-15-8-12(9-21)22-17(13)15/h3,5-8,15,19-21H,1-2,4,9H2. The highest BCUT2D eigenvalue weighted by atomic mass is 35.5. The van der Waals surface area contributed by atoms with E-state index in [0.717, 1.165) is 29.3 Å². The lowest BCUT2D eigenvalue weighted by Crippen LogP contribution is -2.24. The molecule has 0 amide bonds. The second-order valence-electron chi connectivity index (χ2n) is 5.67. The van der Waals surface area contributed by atoms with E-state index in [1.807, 2.05) is 12.3 Å². The molecule has 0 saturated carbocycles. The van der Waals surface area contributed by atoms with Crippen LogP contribution in [0.15, 0.2) is 40.3 Å². The van der Waals surface area contributed by atoms with Crippen molar-refractivity contribution in [3.8, 4) is 0 Å². The molecule has 3 heterocycles. The van der Waals surface area contributed by atoms with Gasteiger partial charge in [0.1, 0.15) is 0 Å². The number of anilines is 1. The number of rotatable bonds is 2. The molecule has 0 fully saturated rings. The van der Waals surface area contributed by atoms with Gasteiger partial charge in [-0.2, -0.15) is 0 Å². The van der Waals surface area contributed by atoms with Crippen molar-refractivity contribution >= 4 is 34.6 Å². The van der Waals surface area contributed by atoms with Crippen molar-refractivity contribution in [3.63, 3.8) is 0 Å². The second kappa shape index (κ2) is 5.69. The summed E-state index contributed by atoms with van der Waals surface area (Å²) in [5, 5.41) is 17.1. The smallest absolute Gasteiger partial charge is 0.0773 e. The van der Waals surface area contributed by atoms with E-state index in [1.165, 1.54) is 27.3 Å². The molecule has 3 aliphatic heterocycles. The molecule has 0 aromatic heterocycles. The van der Waals surface area contributed by atoms with Crippen molar-refractivity contribution < 1.29 is 5.11 Å². The lowest BCUT2D eigenvalue weighted by molar-refractivity contribution is 0.339.